The average molecular weight is 679 g/mol. The second-order valence-electron chi connectivity index (χ2n) is 11.3. The second kappa shape index (κ2) is 35.4. The van der Waals surface area contributed by atoms with Gasteiger partial charge in [0.15, 0.2) is 0 Å². The van der Waals surface area contributed by atoms with Gasteiger partial charge in [-0.2, -0.15) is 0 Å². The van der Waals surface area contributed by atoms with E-state index in [1.54, 1.807) is 0 Å². The Bertz CT molecular complexity index is 440. The van der Waals surface area contributed by atoms with Crippen LogP contribution in [-0.2, 0) is 13.6 Å². The van der Waals surface area contributed by atoms with Gasteiger partial charge in [-0.1, -0.05) is 181 Å². The monoisotopic (exact) mass is 678 g/mol. The van der Waals surface area contributed by atoms with Gasteiger partial charge in [-0.15, -0.1) is 0 Å². The Kier molecular flexibility index (Phi) is 39.4. The van der Waals surface area contributed by atoms with Crippen molar-refractivity contribution < 1.29 is 87.4 Å². The number of hydrogen-bond donors (Lipinski definition) is 0. The molecule has 0 aromatic rings. The van der Waals surface area contributed by atoms with Gasteiger partial charge in [-0.25, -0.2) is 0 Å². The SMILES string of the molecule is CCCCCCCCCCCCCCCCOP(=O)([O-])OCCCCCCCCCCCCCCCC.[Cs+]. The molecule has 0 aromatic heterocycles. The molecule has 6 heteroatoms. The van der Waals surface area contributed by atoms with Crippen molar-refractivity contribution in [1.29, 1.82) is 0 Å². The molecule has 0 N–H and O–H groups in total. The van der Waals surface area contributed by atoms with Crippen LogP contribution in [0.4, 0.5) is 0 Å². The Morgan fingerprint density at radius 1 is 0.395 bits per heavy atom. The van der Waals surface area contributed by atoms with E-state index < -0.39 is 7.82 Å². The van der Waals surface area contributed by atoms with E-state index in [1.165, 1.54) is 154 Å². The minimum Gasteiger partial charge on any atom is -0.756 e. The summed E-state index contributed by atoms with van der Waals surface area (Å²) in [6.45, 7) is 5.06. The third kappa shape index (κ3) is 36.2. The fraction of sp³-hybridized carbons (Fsp3) is 1.00. The summed E-state index contributed by atoms with van der Waals surface area (Å²) in [7, 11) is -4.12. The van der Waals surface area contributed by atoms with E-state index in [2.05, 4.69) is 13.8 Å². The van der Waals surface area contributed by atoms with E-state index in [-0.39, 0.29) is 82.1 Å². The molecular formula is C32H66CsO4P. The third-order valence-electron chi connectivity index (χ3n) is 7.49. The average Bonchev–Trinajstić information content (AvgIpc) is 2.88. The maximum atomic E-state index is 11.9. The molecule has 224 valence electrons. The molecule has 0 spiro atoms. The van der Waals surface area contributed by atoms with Crippen molar-refractivity contribution in [1.82, 2.24) is 0 Å². The first-order chi connectivity index (χ1) is 18.1. The van der Waals surface area contributed by atoms with Crippen molar-refractivity contribution in [3.05, 3.63) is 0 Å². The van der Waals surface area contributed by atoms with Crippen LogP contribution in [0.5, 0.6) is 0 Å². The van der Waals surface area contributed by atoms with Gasteiger partial charge in [-0.05, 0) is 12.8 Å². The summed E-state index contributed by atoms with van der Waals surface area (Å²) < 4.78 is 21.9. The summed E-state index contributed by atoms with van der Waals surface area (Å²) in [5.74, 6) is 0. The van der Waals surface area contributed by atoms with Crippen molar-refractivity contribution in [2.24, 2.45) is 0 Å². The summed E-state index contributed by atoms with van der Waals surface area (Å²) in [6, 6.07) is 0. The van der Waals surface area contributed by atoms with E-state index in [9.17, 15) is 9.46 Å². The van der Waals surface area contributed by atoms with E-state index in [1.807, 2.05) is 0 Å². The van der Waals surface area contributed by atoms with Crippen molar-refractivity contribution in [2.45, 2.75) is 194 Å². The molecule has 0 bridgehead atoms. The molecule has 0 fully saturated rings. The molecular weight excluding hydrogens is 612 g/mol. The predicted octanol–water partition coefficient (Wildman–Crippen LogP) is 8.45. The fourth-order valence-corrected chi connectivity index (χ4v) is 5.76. The first-order valence-electron chi connectivity index (χ1n) is 16.7. The van der Waals surface area contributed by atoms with Gasteiger partial charge in [0.1, 0.15) is 0 Å². The zero-order valence-corrected chi connectivity index (χ0v) is 33.5. The maximum Gasteiger partial charge on any atom is 1.00 e. The predicted molar refractivity (Wildman–Crippen MR) is 160 cm³/mol. The van der Waals surface area contributed by atoms with Crippen LogP contribution in [0.1, 0.15) is 194 Å². The van der Waals surface area contributed by atoms with E-state index >= 15 is 0 Å². The second-order valence-corrected chi connectivity index (χ2v) is 12.7. The number of unbranched alkanes of at least 4 members (excludes halogenated alkanes) is 26. The van der Waals surface area contributed by atoms with Crippen molar-refractivity contribution >= 4 is 7.82 Å². The molecule has 0 unspecified atom stereocenters. The summed E-state index contributed by atoms with van der Waals surface area (Å²) >= 11 is 0. The van der Waals surface area contributed by atoms with Crippen molar-refractivity contribution in [3.8, 4) is 0 Å². The van der Waals surface area contributed by atoms with E-state index in [0.717, 1.165) is 25.7 Å². The largest absolute Gasteiger partial charge is 1.00 e. The van der Waals surface area contributed by atoms with Gasteiger partial charge >= 0.3 is 68.9 Å². The molecule has 0 saturated carbocycles. The molecule has 0 saturated heterocycles. The maximum absolute atomic E-state index is 11.9. The molecule has 0 atom stereocenters. The molecule has 38 heavy (non-hydrogen) atoms. The van der Waals surface area contributed by atoms with Crippen LogP contribution in [-0.4, -0.2) is 13.2 Å². The summed E-state index contributed by atoms with van der Waals surface area (Å²) in [5, 5.41) is 0. The first kappa shape index (κ1) is 42.3. The van der Waals surface area contributed by atoms with Gasteiger partial charge in [0, 0.05) is 0 Å². The van der Waals surface area contributed by atoms with Crippen LogP contribution in [0.2, 0.25) is 0 Å². The molecule has 0 radical (unpaired) electrons. The number of phosphoric acid groups is 1. The first-order valence-corrected chi connectivity index (χ1v) is 18.2. The summed E-state index contributed by atoms with van der Waals surface area (Å²) in [6.07, 6.45) is 36.0. The topological polar surface area (TPSA) is 58.6 Å². The van der Waals surface area contributed by atoms with Crippen LogP contribution >= 0.6 is 7.82 Å². The van der Waals surface area contributed by atoms with Gasteiger partial charge in [-0.3, -0.25) is 4.57 Å². The molecule has 0 aliphatic rings. The molecule has 4 nitrogen and oxygen atoms in total. The van der Waals surface area contributed by atoms with Crippen LogP contribution in [0.15, 0.2) is 0 Å². The Morgan fingerprint density at radius 3 is 0.789 bits per heavy atom. The zero-order chi connectivity index (χ0) is 27.1. The standard InChI is InChI=1S/C32H67O4P.Cs/c1-3-5-7-9-11-13-15-17-19-21-23-25-27-29-31-35-37(33,34)36-32-30-28-26-24-22-20-18-16-14-12-10-8-6-4-2;/h3-32H2,1-2H3,(H,33,34);/q;+1/p-1. The Balaban J connectivity index is 0. The normalized spacial score (nSPS) is 11.7. The minimum absolute atomic E-state index is 0. The van der Waals surface area contributed by atoms with Crippen LogP contribution < -0.4 is 73.8 Å². The van der Waals surface area contributed by atoms with Gasteiger partial charge in [0.25, 0.3) is 7.82 Å². The molecule has 0 amide bonds. The smallest absolute Gasteiger partial charge is 0.756 e. The molecule has 0 aliphatic carbocycles. The minimum atomic E-state index is -4.12. The van der Waals surface area contributed by atoms with Gasteiger partial charge < -0.3 is 13.9 Å². The number of rotatable bonds is 32. The Labute approximate surface area is 298 Å². The molecule has 0 rings (SSSR count). The molecule has 0 heterocycles. The van der Waals surface area contributed by atoms with Crippen LogP contribution in [0.3, 0.4) is 0 Å². The number of phosphoric ester groups is 1. The van der Waals surface area contributed by atoms with E-state index in [4.69, 9.17) is 9.05 Å². The quantitative estimate of drug-likeness (QED) is 0.0530. The number of hydrogen-bond acceptors (Lipinski definition) is 4. The fourth-order valence-electron chi connectivity index (χ4n) is 4.98. The Hall–Kier alpha value is 2.16. The molecule has 0 aromatic carbocycles. The van der Waals surface area contributed by atoms with Crippen LogP contribution in [0, 0.1) is 0 Å². The van der Waals surface area contributed by atoms with Crippen molar-refractivity contribution in [3.63, 3.8) is 0 Å². The van der Waals surface area contributed by atoms with Crippen LogP contribution in [0.25, 0.3) is 0 Å². The summed E-state index contributed by atoms with van der Waals surface area (Å²) in [5.41, 5.74) is 0. The van der Waals surface area contributed by atoms with E-state index in [0.29, 0.717) is 0 Å². The van der Waals surface area contributed by atoms with Gasteiger partial charge in [0.2, 0.25) is 0 Å². The Morgan fingerprint density at radius 2 is 0.579 bits per heavy atom. The third-order valence-corrected chi connectivity index (χ3v) is 8.49. The zero-order valence-electron chi connectivity index (χ0n) is 26.3. The van der Waals surface area contributed by atoms with Gasteiger partial charge in [0.05, 0.1) is 13.2 Å². The molecule has 0 aliphatic heterocycles. The van der Waals surface area contributed by atoms with Crippen molar-refractivity contribution in [2.75, 3.05) is 13.2 Å². The summed E-state index contributed by atoms with van der Waals surface area (Å²) in [4.78, 5) is 11.9.